The van der Waals surface area contributed by atoms with Gasteiger partial charge in [0, 0.05) is 0 Å². The molecule has 0 spiro atoms. The minimum atomic E-state index is -1.67. The summed E-state index contributed by atoms with van der Waals surface area (Å²) in [5, 5.41) is 75.9. The molecule has 0 aromatic carbocycles. The fourth-order valence-corrected chi connectivity index (χ4v) is 9.61. The van der Waals surface area contributed by atoms with E-state index in [1.165, 1.54) is 199 Å². The van der Waals surface area contributed by atoms with Gasteiger partial charge in [-0.25, -0.2) is 0 Å². The van der Waals surface area contributed by atoms with Crippen molar-refractivity contribution in [3.63, 3.8) is 0 Å². The van der Waals surface area contributed by atoms with Gasteiger partial charge >= 0.3 is 0 Å². The lowest BCUT2D eigenvalue weighted by molar-refractivity contribution is -0.303. The lowest BCUT2D eigenvalue weighted by atomic mass is 9.98. The van der Waals surface area contributed by atoms with Crippen LogP contribution in [0.25, 0.3) is 0 Å². The molecule has 0 aliphatic carbocycles. The Labute approximate surface area is 429 Å². The van der Waals surface area contributed by atoms with Crippen LogP contribution in [0, 0.1) is 0 Å². The fourth-order valence-electron chi connectivity index (χ4n) is 9.61. The van der Waals surface area contributed by atoms with Gasteiger partial charge in [-0.15, -0.1) is 0 Å². The van der Waals surface area contributed by atoms with E-state index in [1.807, 2.05) is 0 Å². The zero-order valence-electron chi connectivity index (χ0n) is 45.3. The van der Waals surface area contributed by atoms with Gasteiger partial charge in [0.2, 0.25) is 5.91 Å². The number of allylic oxidation sites excluding steroid dienone is 4. The molecule has 0 bridgehead atoms. The summed E-state index contributed by atoms with van der Waals surface area (Å²) in [5.41, 5.74) is 0. The highest BCUT2D eigenvalue weighted by Gasteiger charge is 2.44. The molecule has 1 heterocycles. The molecule has 9 unspecified atom stereocenters. The van der Waals surface area contributed by atoms with Gasteiger partial charge < -0.3 is 50.5 Å². The number of unbranched alkanes of at least 4 members (excludes halogenated alkanes) is 35. The van der Waals surface area contributed by atoms with E-state index in [1.54, 1.807) is 0 Å². The molecule has 0 aromatic rings. The average molecular weight is 997 g/mol. The second-order valence-corrected chi connectivity index (χ2v) is 21.1. The lowest BCUT2D eigenvalue weighted by Gasteiger charge is -2.40. The summed E-state index contributed by atoms with van der Waals surface area (Å²) >= 11 is 0. The fraction of sp³-hybridized carbons (Fsp3) is 0.915. The first kappa shape index (κ1) is 66.6. The van der Waals surface area contributed by atoms with E-state index in [0.29, 0.717) is 12.8 Å². The zero-order valence-corrected chi connectivity index (χ0v) is 45.3. The summed E-state index contributed by atoms with van der Waals surface area (Å²) in [6.07, 6.45) is 47.0. The Bertz CT molecular complexity index is 1190. The van der Waals surface area contributed by atoms with Crippen LogP contribution in [0.3, 0.4) is 0 Å². The van der Waals surface area contributed by atoms with Crippen LogP contribution in [-0.4, -0.2) is 110 Å². The van der Waals surface area contributed by atoms with Gasteiger partial charge in [0.25, 0.3) is 0 Å². The van der Waals surface area contributed by atoms with E-state index in [4.69, 9.17) is 9.47 Å². The molecule has 414 valence electrons. The monoisotopic (exact) mass is 996 g/mol. The van der Waals surface area contributed by atoms with E-state index in [2.05, 4.69) is 43.5 Å². The molecular weight excluding hydrogens is 883 g/mol. The molecule has 1 aliphatic heterocycles. The number of hydrogen-bond donors (Lipinski definition) is 8. The average Bonchev–Trinajstić information content (AvgIpc) is 3.36. The molecule has 1 fully saturated rings. The smallest absolute Gasteiger partial charge is 0.249 e. The van der Waals surface area contributed by atoms with E-state index < -0.39 is 74.2 Å². The summed E-state index contributed by atoms with van der Waals surface area (Å²) in [5.74, 6) is -0.721. The van der Waals surface area contributed by atoms with Crippen LogP contribution < -0.4 is 5.32 Å². The van der Waals surface area contributed by atoms with Crippen molar-refractivity contribution in [2.24, 2.45) is 0 Å². The van der Waals surface area contributed by atoms with Crippen LogP contribution in [0.15, 0.2) is 24.3 Å². The molecule has 70 heavy (non-hydrogen) atoms. The molecule has 1 amide bonds. The molecule has 1 rings (SSSR count). The predicted molar refractivity (Wildman–Crippen MR) is 289 cm³/mol. The second kappa shape index (κ2) is 48.5. The molecule has 8 N–H and O–H groups in total. The minimum absolute atomic E-state index is 0.224. The summed E-state index contributed by atoms with van der Waals surface area (Å²) in [6, 6.07) is -1.19. The van der Waals surface area contributed by atoms with Gasteiger partial charge in [0.05, 0.1) is 25.4 Å². The largest absolute Gasteiger partial charge is 0.394 e. The molecule has 1 saturated heterocycles. The van der Waals surface area contributed by atoms with Crippen molar-refractivity contribution in [1.29, 1.82) is 0 Å². The van der Waals surface area contributed by atoms with Gasteiger partial charge in [0.1, 0.15) is 36.6 Å². The van der Waals surface area contributed by atoms with Crippen LogP contribution in [0.2, 0.25) is 0 Å². The van der Waals surface area contributed by atoms with Crippen molar-refractivity contribution in [2.75, 3.05) is 13.2 Å². The Morgan fingerprint density at radius 3 is 1.23 bits per heavy atom. The topological polar surface area (TPSA) is 189 Å². The number of rotatable bonds is 51. The minimum Gasteiger partial charge on any atom is -0.394 e. The first-order chi connectivity index (χ1) is 34.2. The van der Waals surface area contributed by atoms with Crippen LogP contribution in [-0.2, 0) is 14.3 Å². The third-order valence-electron chi connectivity index (χ3n) is 14.5. The molecular formula is C59H113NO10. The van der Waals surface area contributed by atoms with Gasteiger partial charge in [-0.1, -0.05) is 237 Å². The highest BCUT2D eigenvalue weighted by atomic mass is 16.7. The maximum Gasteiger partial charge on any atom is 0.249 e. The summed E-state index contributed by atoms with van der Waals surface area (Å²) in [4.78, 5) is 13.1. The Morgan fingerprint density at radius 2 is 0.843 bits per heavy atom. The maximum atomic E-state index is 13.1. The summed E-state index contributed by atoms with van der Waals surface area (Å²) in [7, 11) is 0. The standard InChI is InChI=1S/C59H113NO10/c1-3-5-7-9-11-13-15-17-18-19-20-21-22-23-24-25-26-27-28-29-30-31-32-33-34-35-37-38-40-42-44-46-51(62)54(64)50(49-69-59-57(67)56(66)55(65)53(48-61)70-59)60-58(68)52(63)47-45-43-41-39-36-16-14-12-10-8-6-4-2/h36,38-40,50-57,59,61-67H,3-35,37,41-49H2,1-2H3,(H,60,68)/b39-36-,40-38+. The predicted octanol–water partition coefficient (Wildman–Crippen LogP) is 12.5. The Hall–Kier alpha value is -1.41. The number of carbonyl (C=O) groups is 1. The third kappa shape index (κ3) is 36.5. The summed E-state index contributed by atoms with van der Waals surface area (Å²) in [6.45, 7) is 3.43. The van der Waals surface area contributed by atoms with E-state index >= 15 is 0 Å². The zero-order chi connectivity index (χ0) is 51.1. The van der Waals surface area contributed by atoms with Crippen LogP contribution in [0.5, 0.6) is 0 Å². The number of hydrogen-bond acceptors (Lipinski definition) is 10. The lowest BCUT2D eigenvalue weighted by Crippen LogP contribution is -2.60. The second-order valence-electron chi connectivity index (χ2n) is 21.1. The summed E-state index contributed by atoms with van der Waals surface area (Å²) < 4.78 is 11.1. The normalized spacial score (nSPS) is 20.4. The van der Waals surface area contributed by atoms with Gasteiger partial charge in [-0.2, -0.15) is 0 Å². The van der Waals surface area contributed by atoms with Crippen LogP contribution in [0.1, 0.15) is 277 Å². The highest BCUT2D eigenvalue weighted by molar-refractivity contribution is 5.80. The van der Waals surface area contributed by atoms with Crippen molar-refractivity contribution in [1.82, 2.24) is 5.32 Å². The number of ether oxygens (including phenoxy) is 2. The first-order valence-electron chi connectivity index (χ1n) is 29.7. The Balaban J connectivity index is 2.22. The highest BCUT2D eigenvalue weighted by Crippen LogP contribution is 2.23. The Morgan fingerprint density at radius 1 is 0.486 bits per heavy atom. The number of aliphatic hydroxyl groups is 7. The van der Waals surface area contributed by atoms with Crippen molar-refractivity contribution in [3.05, 3.63) is 24.3 Å². The maximum absolute atomic E-state index is 13.1. The van der Waals surface area contributed by atoms with Crippen molar-refractivity contribution < 1.29 is 50.0 Å². The molecule has 1 aliphatic rings. The first-order valence-corrected chi connectivity index (χ1v) is 29.7. The SMILES string of the molecule is CCCCCCCC/C=C\CCCCC(O)C(=O)NC(COC1OC(CO)C(O)C(O)C1O)C(O)C(O)CCC/C=C/CCCCCCCCCCCCCCCCCCCCCCCCCCCC. The number of carbonyl (C=O) groups excluding carboxylic acids is 1. The van der Waals surface area contributed by atoms with E-state index in [-0.39, 0.29) is 12.8 Å². The quantitative estimate of drug-likeness (QED) is 0.0215. The molecule has 0 saturated carbocycles. The van der Waals surface area contributed by atoms with Crippen molar-refractivity contribution in [3.8, 4) is 0 Å². The van der Waals surface area contributed by atoms with Crippen molar-refractivity contribution >= 4 is 5.91 Å². The Kier molecular flexibility index (Phi) is 46.2. The molecule has 11 nitrogen and oxygen atoms in total. The van der Waals surface area contributed by atoms with Crippen LogP contribution in [0.4, 0.5) is 0 Å². The van der Waals surface area contributed by atoms with Gasteiger partial charge in [-0.05, 0) is 64.2 Å². The number of amides is 1. The number of nitrogens with one attached hydrogen (secondary N) is 1. The van der Waals surface area contributed by atoms with E-state index in [0.717, 1.165) is 38.5 Å². The van der Waals surface area contributed by atoms with Gasteiger partial charge in [0.15, 0.2) is 6.29 Å². The molecule has 11 heteroatoms. The molecule has 9 atom stereocenters. The molecule has 0 radical (unpaired) electrons. The van der Waals surface area contributed by atoms with Gasteiger partial charge in [-0.3, -0.25) is 4.79 Å². The molecule has 0 aromatic heterocycles. The van der Waals surface area contributed by atoms with E-state index in [9.17, 15) is 40.5 Å². The third-order valence-corrected chi connectivity index (χ3v) is 14.5. The van der Waals surface area contributed by atoms with Crippen molar-refractivity contribution in [2.45, 2.75) is 332 Å². The number of aliphatic hydroxyl groups excluding tert-OH is 7. The van der Waals surface area contributed by atoms with Crippen LogP contribution >= 0.6 is 0 Å².